The third-order valence-corrected chi connectivity index (χ3v) is 5.52. The lowest BCUT2D eigenvalue weighted by molar-refractivity contribution is 0.225. The van der Waals surface area contributed by atoms with Gasteiger partial charge in [0.25, 0.3) is 5.56 Å². The number of fused-ring (bicyclic) bond motifs is 4. The molecule has 29 heavy (non-hydrogen) atoms. The van der Waals surface area contributed by atoms with Gasteiger partial charge in [-0.1, -0.05) is 36.4 Å². The van der Waals surface area contributed by atoms with E-state index < -0.39 is 23.2 Å². The van der Waals surface area contributed by atoms with Crippen LogP contribution in [0.3, 0.4) is 0 Å². The van der Waals surface area contributed by atoms with Gasteiger partial charge in [0.15, 0.2) is 5.65 Å². The predicted octanol–water partition coefficient (Wildman–Crippen LogP) is 2.50. The highest BCUT2D eigenvalue weighted by Gasteiger charge is 2.34. The van der Waals surface area contributed by atoms with E-state index in [0.717, 1.165) is 10.1 Å². The van der Waals surface area contributed by atoms with Gasteiger partial charge in [-0.25, -0.2) is 14.2 Å². The maximum Gasteiger partial charge on any atom is 0.332 e. The largest absolute Gasteiger partial charge is 0.384 e. The fraction of sp³-hybridized carbons (Fsp3) is 0.136. The van der Waals surface area contributed by atoms with Crippen molar-refractivity contribution in [2.75, 3.05) is 0 Å². The summed E-state index contributed by atoms with van der Waals surface area (Å²) in [4.78, 5) is 30.2. The van der Waals surface area contributed by atoms with Crippen LogP contribution in [0.1, 0.15) is 17.2 Å². The normalized spacial score (nSPS) is 14.8. The van der Waals surface area contributed by atoms with Gasteiger partial charge in [-0.3, -0.25) is 13.9 Å². The Labute approximate surface area is 164 Å². The van der Waals surface area contributed by atoms with Crippen LogP contribution in [0.5, 0.6) is 0 Å². The molecular weight excluding hydrogens is 373 g/mol. The number of aliphatic hydroxyl groups excluding tert-OH is 1. The molecule has 7 heteroatoms. The zero-order valence-electron chi connectivity index (χ0n) is 15.7. The van der Waals surface area contributed by atoms with E-state index in [9.17, 15) is 19.1 Å². The standard InChI is InChI=1S/C22H16FN3O3/c1-25-20-17(21(28)26(2)22(25)29)15(11-6-5-7-12(23)10-11)16-18(24-20)13-8-3-4-9-14(13)19(16)27/h3-10,19,27H,1-2H3/t19-/m0/s1. The van der Waals surface area contributed by atoms with Gasteiger partial charge in [0, 0.05) is 30.8 Å². The first kappa shape index (κ1) is 17.5. The molecule has 2 aromatic carbocycles. The van der Waals surface area contributed by atoms with Crippen molar-refractivity contribution in [3.63, 3.8) is 0 Å². The summed E-state index contributed by atoms with van der Waals surface area (Å²) in [6.07, 6.45) is -1.02. The fourth-order valence-electron chi connectivity index (χ4n) is 4.12. The van der Waals surface area contributed by atoms with E-state index in [1.54, 1.807) is 18.2 Å². The van der Waals surface area contributed by atoms with Crippen molar-refractivity contribution in [1.82, 2.24) is 14.1 Å². The van der Waals surface area contributed by atoms with E-state index in [4.69, 9.17) is 0 Å². The van der Waals surface area contributed by atoms with Crippen LogP contribution in [-0.4, -0.2) is 19.2 Å². The Hall–Kier alpha value is -3.58. The number of benzene rings is 2. The number of hydrogen-bond acceptors (Lipinski definition) is 4. The molecule has 0 saturated heterocycles. The molecule has 0 fully saturated rings. The number of nitrogens with zero attached hydrogens (tertiary/aromatic N) is 3. The SMILES string of the molecule is Cn1c(=O)c2c(-c3cccc(F)c3)c3c(nc2n(C)c1=O)-c1ccccc1[C@@H]3O. The van der Waals surface area contributed by atoms with Crippen molar-refractivity contribution < 1.29 is 9.50 Å². The maximum absolute atomic E-state index is 14.1. The van der Waals surface area contributed by atoms with Crippen molar-refractivity contribution in [2.24, 2.45) is 14.1 Å². The molecule has 0 spiro atoms. The van der Waals surface area contributed by atoms with Gasteiger partial charge < -0.3 is 5.11 Å². The Balaban J connectivity index is 2.07. The number of aromatic nitrogens is 3. The topological polar surface area (TPSA) is 77.1 Å². The molecule has 1 N–H and O–H groups in total. The second kappa shape index (κ2) is 5.96. The summed E-state index contributed by atoms with van der Waals surface area (Å²) in [5.41, 5.74) is 2.30. The van der Waals surface area contributed by atoms with Gasteiger partial charge in [-0.05, 0) is 23.3 Å². The molecule has 0 aliphatic heterocycles. The van der Waals surface area contributed by atoms with E-state index in [1.807, 2.05) is 18.2 Å². The fourth-order valence-corrected chi connectivity index (χ4v) is 4.12. The van der Waals surface area contributed by atoms with E-state index in [-0.39, 0.29) is 11.0 Å². The molecule has 1 atom stereocenters. The number of aliphatic hydroxyl groups is 1. The van der Waals surface area contributed by atoms with Gasteiger partial charge in [-0.15, -0.1) is 0 Å². The van der Waals surface area contributed by atoms with Crippen molar-refractivity contribution in [1.29, 1.82) is 0 Å². The minimum Gasteiger partial charge on any atom is -0.384 e. The first-order valence-corrected chi connectivity index (χ1v) is 9.07. The maximum atomic E-state index is 14.1. The van der Waals surface area contributed by atoms with Crippen molar-refractivity contribution in [3.05, 3.63) is 86.3 Å². The zero-order valence-corrected chi connectivity index (χ0v) is 15.7. The smallest absolute Gasteiger partial charge is 0.332 e. The molecule has 0 radical (unpaired) electrons. The van der Waals surface area contributed by atoms with Crippen LogP contribution < -0.4 is 11.2 Å². The molecular formula is C22H16FN3O3. The predicted molar refractivity (Wildman–Crippen MR) is 107 cm³/mol. The zero-order chi connectivity index (χ0) is 20.4. The van der Waals surface area contributed by atoms with Crippen molar-refractivity contribution in [2.45, 2.75) is 6.10 Å². The summed E-state index contributed by atoms with van der Waals surface area (Å²) >= 11 is 0. The second-order valence-electron chi connectivity index (χ2n) is 7.15. The van der Waals surface area contributed by atoms with Crippen molar-refractivity contribution in [3.8, 4) is 22.4 Å². The average Bonchev–Trinajstić information content (AvgIpc) is 3.01. The number of halogens is 1. The Bertz CT molecular complexity index is 1450. The lowest BCUT2D eigenvalue weighted by Crippen LogP contribution is -2.37. The Morgan fingerprint density at radius 1 is 1.03 bits per heavy atom. The number of pyridine rings is 1. The molecule has 0 unspecified atom stereocenters. The minimum atomic E-state index is -1.02. The lowest BCUT2D eigenvalue weighted by Gasteiger charge is -2.17. The quantitative estimate of drug-likeness (QED) is 0.543. The lowest BCUT2D eigenvalue weighted by atomic mass is 9.94. The van der Waals surface area contributed by atoms with Crippen LogP contribution >= 0.6 is 0 Å². The van der Waals surface area contributed by atoms with Gasteiger partial charge >= 0.3 is 5.69 Å². The first-order valence-electron chi connectivity index (χ1n) is 9.07. The molecule has 1 aliphatic carbocycles. The molecule has 4 aromatic rings. The highest BCUT2D eigenvalue weighted by molar-refractivity contribution is 5.99. The molecule has 0 amide bonds. The molecule has 0 saturated carbocycles. The summed E-state index contributed by atoms with van der Waals surface area (Å²) in [6, 6.07) is 13.1. The van der Waals surface area contributed by atoms with Crippen LogP contribution in [0.15, 0.2) is 58.1 Å². The highest BCUT2D eigenvalue weighted by Crippen LogP contribution is 2.48. The Morgan fingerprint density at radius 2 is 1.79 bits per heavy atom. The van der Waals surface area contributed by atoms with Gasteiger partial charge in [-0.2, -0.15) is 0 Å². The van der Waals surface area contributed by atoms with Crippen molar-refractivity contribution >= 4 is 11.0 Å². The second-order valence-corrected chi connectivity index (χ2v) is 7.15. The Morgan fingerprint density at radius 3 is 2.55 bits per heavy atom. The van der Waals surface area contributed by atoms with Gasteiger partial charge in [0.2, 0.25) is 0 Å². The Kier molecular flexibility index (Phi) is 3.60. The molecule has 1 aliphatic rings. The molecule has 5 rings (SSSR count). The first-order chi connectivity index (χ1) is 13.9. The summed E-state index contributed by atoms with van der Waals surface area (Å²) in [6.45, 7) is 0. The van der Waals surface area contributed by atoms with Crippen LogP contribution in [0.25, 0.3) is 33.4 Å². The number of hydrogen-bond donors (Lipinski definition) is 1. The molecule has 2 heterocycles. The highest BCUT2D eigenvalue weighted by atomic mass is 19.1. The van der Waals surface area contributed by atoms with E-state index in [0.29, 0.717) is 27.9 Å². The molecule has 144 valence electrons. The van der Waals surface area contributed by atoms with Crippen LogP contribution in [0.4, 0.5) is 4.39 Å². The molecule has 0 bridgehead atoms. The number of aryl methyl sites for hydroxylation is 1. The van der Waals surface area contributed by atoms with E-state index in [1.165, 1.54) is 30.8 Å². The molecule has 6 nitrogen and oxygen atoms in total. The summed E-state index contributed by atoms with van der Waals surface area (Å²) in [5, 5.41) is 11.2. The summed E-state index contributed by atoms with van der Waals surface area (Å²) in [5.74, 6) is -0.465. The van der Waals surface area contributed by atoms with Gasteiger partial charge in [0.1, 0.15) is 11.9 Å². The van der Waals surface area contributed by atoms with Crippen LogP contribution in [-0.2, 0) is 14.1 Å². The average molecular weight is 389 g/mol. The minimum absolute atomic E-state index is 0.172. The van der Waals surface area contributed by atoms with E-state index in [2.05, 4.69) is 4.98 Å². The monoisotopic (exact) mass is 389 g/mol. The van der Waals surface area contributed by atoms with Crippen LogP contribution in [0, 0.1) is 5.82 Å². The summed E-state index contributed by atoms with van der Waals surface area (Å²) in [7, 11) is 2.92. The van der Waals surface area contributed by atoms with Crippen LogP contribution in [0.2, 0.25) is 0 Å². The van der Waals surface area contributed by atoms with Gasteiger partial charge in [0.05, 0.1) is 11.1 Å². The summed E-state index contributed by atoms with van der Waals surface area (Å²) < 4.78 is 16.4. The molecule has 2 aromatic heterocycles. The van der Waals surface area contributed by atoms with E-state index >= 15 is 0 Å². The number of rotatable bonds is 1. The third kappa shape index (κ3) is 2.28. The third-order valence-electron chi connectivity index (χ3n) is 5.52.